The summed E-state index contributed by atoms with van der Waals surface area (Å²) in [5.74, 6) is 0.391. The molecule has 0 spiro atoms. The quantitative estimate of drug-likeness (QED) is 0.525. The smallest absolute Gasteiger partial charge is 0.259 e. The number of hydrogen-bond donors (Lipinski definition) is 1. The fraction of sp³-hybridized carbons (Fsp3) is 0.100. The number of anilines is 1. The molecule has 1 amide bonds. The maximum atomic E-state index is 12.5. The molecule has 6 nitrogen and oxygen atoms in total. The zero-order valence-electron chi connectivity index (χ0n) is 15.0. The van der Waals surface area contributed by atoms with Crippen LogP contribution in [0.4, 0.5) is 5.13 Å². The molecule has 0 aliphatic carbocycles. The molecule has 4 rings (SSSR count). The number of thiazole rings is 1. The van der Waals surface area contributed by atoms with Gasteiger partial charge in [0.1, 0.15) is 0 Å². The van der Waals surface area contributed by atoms with Crippen molar-refractivity contribution in [3.63, 3.8) is 0 Å². The second-order valence-corrected chi connectivity index (χ2v) is 7.66. The number of aryl methyl sites for hydroxylation is 1. The van der Waals surface area contributed by atoms with Crippen molar-refractivity contribution in [2.75, 3.05) is 5.32 Å². The van der Waals surface area contributed by atoms with Crippen molar-refractivity contribution in [2.24, 2.45) is 0 Å². The van der Waals surface area contributed by atoms with E-state index in [1.54, 1.807) is 35.4 Å². The Kier molecular flexibility index (Phi) is 5.18. The van der Waals surface area contributed by atoms with Crippen LogP contribution in [0.25, 0.3) is 5.82 Å². The van der Waals surface area contributed by atoms with Crippen LogP contribution in [0.15, 0.2) is 61.2 Å². The highest BCUT2D eigenvalue weighted by molar-refractivity contribution is 7.15. The highest BCUT2D eigenvalue weighted by Crippen LogP contribution is 2.27. The van der Waals surface area contributed by atoms with Gasteiger partial charge in [-0.15, -0.1) is 11.3 Å². The Hall–Kier alpha value is -3.03. The van der Waals surface area contributed by atoms with Crippen molar-refractivity contribution < 1.29 is 4.79 Å². The Morgan fingerprint density at radius 2 is 2.07 bits per heavy atom. The van der Waals surface area contributed by atoms with E-state index in [0.717, 1.165) is 21.0 Å². The molecule has 4 aromatic rings. The Balaban J connectivity index is 1.43. The lowest BCUT2D eigenvalue weighted by atomic mass is 10.1. The number of rotatable bonds is 5. The molecule has 0 radical (unpaired) electrons. The number of carbonyl (C=O) groups excluding carboxylic acids is 1. The summed E-state index contributed by atoms with van der Waals surface area (Å²) in [6.45, 7) is 1.98. The molecule has 28 heavy (non-hydrogen) atoms. The summed E-state index contributed by atoms with van der Waals surface area (Å²) in [4.78, 5) is 22.0. The molecule has 8 heteroatoms. The Morgan fingerprint density at radius 1 is 1.18 bits per heavy atom. The maximum absolute atomic E-state index is 12.5. The summed E-state index contributed by atoms with van der Waals surface area (Å²) < 4.78 is 1.63. The van der Waals surface area contributed by atoms with Crippen molar-refractivity contribution in [3.8, 4) is 5.82 Å². The Labute approximate surface area is 170 Å². The first kappa shape index (κ1) is 18.3. The molecule has 3 aromatic heterocycles. The van der Waals surface area contributed by atoms with E-state index in [1.807, 2.05) is 31.2 Å². The van der Waals surface area contributed by atoms with Gasteiger partial charge in [-0.3, -0.25) is 10.1 Å². The third-order valence-corrected chi connectivity index (χ3v) is 5.61. The van der Waals surface area contributed by atoms with Crippen molar-refractivity contribution in [1.29, 1.82) is 0 Å². The van der Waals surface area contributed by atoms with E-state index in [-0.39, 0.29) is 5.91 Å². The summed E-state index contributed by atoms with van der Waals surface area (Å²) in [5, 5.41) is 8.24. The van der Waals surface area contributed by atoms with Crippen LogP contribution in [0.2, 0.25) is 5.02 Å². The number of carbonyl (C=O) groups is 1. The molecular formula is C20H16ClN5OS. The molecule has 0 aliphatic heterocycles. The van der Waals surface area contributed by atoms with Crippen molar-refractivity contribution in [3.05, 3.63) is 87.8 Å². The lowest BCUT2D eigenvalue weighted by Gasteiger charge is -2.05. The van der Waals surface area contributed by atoms with Crippen LogP contribution in [0.1, 0.15) is 26.4 Å². The van der Waals surface area contributed by atoms with Gasteiger partial charge in [-0.1, -0.05) is 29.8 Å². The molecular weight excluding hydrogens is 394 g/mol. The lowest BCUT2D eigenvalue weighted by Crippen LogP contribution is -2.12. The number of pyridine rings is 1. The van der Waals surface area contributed by atoms with E-state index in [1.165, 1.54) is 17.5 Å². The molecule has 0 bridgehead atoms. The van der Waals surface area contributed by atoms with Crippen LogP contribution < -0.4 is 5.32 Å². The van der Waals surface area contributed by atoms with Gasteiger partial charge >= 0.3 is 0 Å². The van der Waals surface area contributed by atoms with Gasteiger partial charge < -0.3 is 0 Å². The largest absolute Gasteiger partial charge is 0.298 e. The van der Waals surface area contributed by atoms with Crippen molar-refractivity contribution in [1.82, 2.24) is 19.7 Å². The fourth-order valence-electron chi connectivity index (χ4n) is 2.71. The SMILES string of the molecule is Cc1cccc(Cc2cnc(NC(=O)c3ccc(-n4cccn4)nc3)s2)c1Cl. The lowest BCUT2D eigenvalue weighted by molar-refractivity contribution is 0.102. The van der Waals surface area contributed by atoms with E-state index >= 15 is 0 Å². The molecule has 0 saturated heterocycles. The van der Waals surface area contributed by atoms with E-state index in [9.17, 15) is 4.79 Å². The number of benzene rings is 1. The van der Waals surface area contributed by atoms with Gasteiger partial charge in [-0.25, -0.2) is 14.6 Å². The first-order valence-corrected chi connectivity index (χ1v) is 9.76. The van der Waals surface area contributed by atoms with Crippen LogP contribution in [-0.4, -0.2) is 25.7 Å². The van der Waals surface area contributed by atoms with Crippen LogP contribution in [0, 0.1) is 6.92 Å². The normalized spacial score (nSPS) is 10.8. The summed E-state index contributed by atoms with van der Waals surface area (Å²) in [7, 11) is 0. The van der Waals surface area contributed by atoms with E-state index in [0.29, 0.717) is 22.9 Å². The number of amides is 1. The number of halogens is 1. The number of hydrogen-bond acceptors (Lipinski definition) is 5. The minimum absolute atomic E-state index is 0.256. The number of nitrogens with zero attached hydrogens (tertiary/aromatic N) is 4. The second kappa shape index (κ2) is 7.92. The molecule has 0 atom stereocenters. The highest BCUT2D eigenvalue weighted by Gasteiger charge is 2.12. The third kappa shape index (κ3) is 3.95. The van der Waals surface area contributed by atoms with Gasteiger partial charge in [0.15, 0.2) is 10.9 Å². The van der Waals surface area contributed by atoms with Gasteiger partial charge in [-0.2, -0.15) is 5.10 Å². The maximum Gasteiger partial charge on any atom is 0.259 e. The summed E-state index contributed by atoms with van der Waals surface area (Å²) in [5.41, 5.74) is 2.54. The third-order valence-electron chi connectivity index (χ3n) is 4.16. The zero-order chi connectivity index (χ0) is 19.5. The second-order valence-electron chi connectivity index (χ2n) is 6.17. The van der Waals surface area contributed by atoms with Crippen molar-refractivity contribution >= 4 is 34.0 Å². The van der Waals surface area contributed by atoms with Gasteiger partial charge in [-0.05, 0) is 36.2 Å². The first-order valence-electron chi connectivity index (χ1n) is 8.56. The summed E-state index contributed by atoms with van der Waals surface area (Å²) >= 11 is 7.80. The topological polar surface area (TPSA) is 72.7 Å². The van der Waals surface area contributed by atoms with Crippen LogP contribution in [0.3, 0.4) is 0 Å². The molecule has 0 aliphatic rings. The molecule has 0 saturated carbocycles. The summed E-state index contributed by atoms with van der Waals surface area (Å²) in [6, 6.07) is 11.2. The van der Waals surface area contributed by atoms with E-state index < -0.39 is 0 Å². The van der Waals surface area contributed by atoms with Gasteiger partial charge in [0.25, 0.3) is 5.91 Å². The van der Waals surface area contributed by atoms with Gasteiger partial charge in [0, 0.05) is 41.1 Å². The standard InChI is InChI=1S/C20H16ClN5OS/c1-13-4-2-5-14(18(13)21)10-16-12-23-20(28-16)25-19(27)15-6-7-17(22-11-15)26-9-3-8-24-26/h2-9,11-12H,10H2,1H3,(H,23,25,27). The van der Waals surface area contributed by atoms with Crippen LogP contribution >= 0.6 is 22.9 Å². The highest BCUT2D eigenvalue weighted by atomic mass is 35.5. The molecule has 0 fully saturated rings. The first-order chi connectivity index (χ1) is 13.6. The van der Waals surface area contributed by atoms with Crippen molar-refractivity contribution in [2.45, 2.75) is 13.3 Å². The summed E-state index contributed by atoms with van der Waals surface area (Å²) in [6.07, 6.45) is 7.42. The molecule has 1 N–H and O–H groups in total. The average Bonchev–Trinajstić information content (AvgIpc) is 3.38. The minimum Gasteiger partial charge on any atom is -0.298 e. The molecule has 0 unspecified atom stereocenters. The molecule has 1 aromatic carbocycles. The van der Waals surface area contributed by atoms with Gasteiger partial charge in [0.05, 0.1) is 5.56 Å². The number of nitrogens with one attached hydrogen (secondary N) is 1. The molecule has 3 heterocycles. The number of aromatic nitrogens is 4. The average molecular weight is 410 g/mol. The Morgan fingerprint density at radius 3 is 2.82 bits per heavy atom. The predicted octanol–water partition coefficient (Wildman–Crippen LogP) is 4.53. The minimum atomic E-state index is -0.256. The zero-order valence-corrected chi connectivity index (χ0v) is 16.5. The van der Waals surface area contributed by atoms with E-state index in [2.05, 4.69) is 20.4 Å². The van der Waals surface area contributed by atoms with Gasteiger partial charge in [0.2, 0.25) is 0 Å². The fourth-order valence-corrected chi connectivity index (χ4v) is 3.73. The monoisotopic (exact) mass is 409 g/mol. The molecule has 140 valence electrons. The van der Waals surface area contributed by atoms with E-state index in [4.69, 9.17) is 11.6 Å². The van der Waals surface area contributed by atoms with Crippen LogP contribution in [-0.2, 0) is 6.42 Å². The predicted molar refractivity (Wildman–Crippen MR) is 110 cm³/mol. The Bertz CT molecular complexity index is 1110. The van der Waals surface area contributed by atoms with Crippen LogP contribution in [0.5, 0.6) is 0 Å².